The average Bonchev–Trinajstić information content (AvgIpc) is 3.47. The zero-order chi connectivity index (χ0) is 20.5. The molecule has 6 nitrogen and oxygen atoms in total. The summed E-state index contributed by atoms with van der Waals surface area (Å²) in [6, 6.07) is 20.0. The molecule has 1 N–H and O–H groups in total. The third-order valence-corrected chi connectivity index (χ3v) is 6.17. The number of nitrogens with zero attached hydrogens (tertiary/aromatic N) is 3. The number of thiophene rings is 1. The first-order valence-electron chi connectivity index (χ1n) is 9.09. The largest absolute Gasteiger partial charge is 0.296 e. The highest BCUT2D eigenvalue weighted by molar-refractivity contribution is 7.16. The Morgan fingerprint density at radius 1 is 0.900 bits per heavy atom. The first-order valence-corrected chi connectivity index (χ1v) is 10.8. The van der Waals surface area contributed by atoms with Gasteiger partial charge in [-0.2, -0.15) is 9.78 Å². The summed E-state index contributed by atoms with van der Waals surface area (Å²) in [7, 11) is 0. The van der Waals surface area contributed by atoms with Gasteiger partial charge in [-0.25, -0.2) is 4.98 Å². The SMILES string of the molecule is O=C(Nc1nc(-c2cccs2)cs1)c1nn(-c2ccccc2)c(=O)c2ccccc12. The molecule has 0 aliphatic rings. The van der Waals surface area contributed by atoms with E-state index in [2.05, 4.69) is 15.4 Å². The molecule has 0 saturated heterocycles. The number of carbonyl (C=O) groups is 1. The molecule has 3 aromatic heterocycles. The van der Waals surface area contributed by atoms with Gasteiger partial charge in [-0.1, -0.05) is 42.5 Å². The number of carbonyl (C=O) groups excluding carboxylic acids is 1. The van der Waals surface area contributed by atoms with E-state index in [1.807, 2.05) is 41.1 Å². The molecule has 5 rings (SSSR count). The number of anilines is 1. The first-order chi connectivity index (χ1) is 14.7. The van der Waals surface area contributed by atoms with E-state index in [9.17, 15) is 9.59 Å². The van der Waals surface area contributed by atoms with Crippen LogP contribution in [0.5, 0.6) is 0 Å². The van der Waals surface area contributed by atoms with Gasteiger partial charge in [0.05, 0.1) is 21.6 Å². The highest BCUT2D eigenvalue weighted by atomic mass is 32.1. The number of hydrogen-bond donors (Lipinski definition) is 1. The maximum atomic E-state index is 13.1. The van der Waals surface area contributed by atoms with Crippen LogP contribution in [-0.2, 0) is 0 Å². The second-order valence-electron chi connectivity index (χ2n) is 6.42. The lowest BCUT2D eigenvalue weighted by atomic mass is 10.1. The van der Waals surface area contributed by atoms with Crippen LogP contribution in [-0.4, -0.2) is 20.7 Å². The van der Waals surface area contributed by atoms with Crippen molar-refractivity contribution in [2.24, 2.45) is 0 Å². The molecule has 0 bridgehead atoms. The molecule has 0 spiro atoms. The zero-order valence-electron chi connectivity index (χ0n) is 15.5. The molecule has 30 heavy (non-hydrogen) atoms. The molecule has 0 aliphatic carbocycles. The molecule has 3 heterocycles. The van der Waals surface area contributed by atoms with Gasteiger partial charge < -0.3 is 0 Å². The van der Waals surface area contributed by atoms with Gasteiger partial charge in [0.15, 0.2) is 10.8 Å². The third-order valence-electron chi connectivity index (χ3n) is 4.52. The highest BCUT2D eigenvalue weighted by Gasteiger charge is 2.19. The Hall–Kier alpha value is -3.62. The van der Waals surface area contributed by atoms with Crippen LogP contribution in [0.1, 0.15) is 10.5 Å². The van der Waals surface area contributed by atoms with E-state index in [1.54, 1.807) is 47.7 Å². The monoisotopic (exact) mass is 430 g/mol. The molecule has 0 unspecified atom stereocenters. The highest BCUT2D eigenvalue weighted by Crippen LogP contribution is 2.28. The van der Waals surface area contributed by atoms with Crippen LogP contribution < -0.4 is 10.9 Å². The lowest BCUT2D eigenvalue weighted by Gasteiger charge is -2.10. The minimum Gasteiger partial charge on any atom is -0.296 e. The smallest absolute Gasteiger partial charge is 0.279 e. The number of thiazole rings is 1. The number of amides is 1. The molecule has 0 saturated carbocycles. The Kier molecular flexibility index (Phi) is 4.70. The van der Waals surface area contributed by atoms with E-state index >= 15 is 0 Å². The van der Waals surface area contributed by atoms with Crippen molar-refractivity contribution >= 4 is 44.5 Å². The number of aromatic nitrogens is 3. The summed E-state index contributed by atoms with van der Waals surface area (Å²) in [6.45, 7) is 0. The fourth-order valence-corrected chi connectivity index (χ4v) is 4.59. The fourth-order valence-electron chi connectivity index (χ4n) is 3.13. The van der Waals surface area contributed by atoms with Crippen molar-refractivity contribution in [2.75, 3.05) is 5.32 Å². The van der Waals surface area contributed by atoms with Crippen molar-refractivity contribution in [2.45, 2.75) is 0 Å². The minimum absolute atomic E-state index is 0.168. The van der Waals surface area contributed by atoms with Crippen molar-refractivity contribution in [3.8, 4) is 16.3 Å². The van der Waals surface area contributed by atoms with Crippen LogP contribution >= 0.6 is 22.7 Å². The van der Waals surface area contributed by atoms with Crippen molar-refractivity contribution in [1.29, 1.82) is 0 Å². The molecule has 146 valence electrons. The second kappa shape index (κ2) is 7.66. The van der Waals surface area contributed by atoms with E-state index in [-0.39, 0.29) is 11.3 Å². The molecule has 2 aromatic carbocycles. The summed E-state index contributed by atoms with van der Waals surface area (Å²) < 4.78 is 1.26. The van der Waals surface area contributed by atoms with Crippen LogP contribution in [0.2, 0.25) is 0 Å². The zero-order valence-corrected chi connectivity index (χ0v) is 17.1. The number of fused-ring (bicyclic) bond motifs is 1. The van der Waals surface area contributed by atoms with Crippen LogP contribution in [0.4, 0.5) is 5.13 Å². The van der Waals surface area contributed by atoms with Gasteiger partial charge in [0.1, 0.15) is 0 Å². The van der Waals surface area contributed by atoms with E-state index in [0.717, 1.165) is 10.6 Å². The Balaban J connectivity index is 1.57. The Labute approximate surface area is 179 Å². The molecule has 5 aromatic rings. The van der Waals surface area contributed by atoms with E-state index < -0.39 is 5.91 Å². The first kappa shape index (κ1) is 18.4. The predicted octanol–water partition coefficient (Wildman–Crippen LogP) is 4.82. The lowest BCUT2D eigenvalue weighted by Crippen LogP contribution is -2.26. The summed E-state index contributed by atoms with van der Waals surface area (Å²) in [6.07, 6.45) is 0. The average molecular weight is 431 g/mol. The normalized spacial score (nSPS) is 10.9. The lowest BCUT2D eigenvalue weighted by molar-refractivity contribution is 0.102. The van der Waals surface area contributed by atoms with Gasteiger partial charge in [0.2, 0.25) is 0 Å². The molecular weight excluding hydrogens is 416 g/mol. The predicted molar refractivity (Wildman–Crippen MR) is 121 cm³/mol. The van der Waals surface area contributed by atoms with E-state index in [4.69, 9.17) is 0 Å². The van der Waals surface area contributed by atoms with Crippen LogP contribution in [0, 0.1) is 0 Å². The summed E-state index contributed by atoms with van der Waals surface area (Å²) >= 11 is 2.94. The van der Waals surface area contributed by atoms with Gasteiger partial charge in [-0.15, -0.1) is 22.7 Å². The van der Waals surface area contributed by atoms with Crippen molar-refractivity contribution in [1.82, 2.24) is 14.8 Å². The van der Waals surface area contributed by atoms with Crippen molar-refractivity contribution < 1.29 is 4.79 Å². The molecule has 0 radical (unpaired) electrons. The van der Waals surface area contributed by atoms with Gasteiger partial charge in [-0.3, -0.25) is 14.9 Å². The summed E-state index contributed by atoms with van der Waals surface area (Å²) in [5.74, 6) is -0.414. The quantitative estimate of drug-likeness (QED) is 0.443. The van der Waals surface area contributed by atoms with Crippen LogP contribution in [0.25, 0.3) is 27.0 Å². The van der Waals surface area contributed by atoms with E-state index in [1.165, 1.54) is 16.0 Å². The molecule has 8 heteroatoms. The molecule has 0 aliphatic heterocycles. The molecular formula is C22H14N4O2S2. The van der Waals surface area contributed by atoms with Crippen molar-refractivity contribution in [3.63, 3.8) is 0 Å². The van der Waals surface area contributed by atoms with Gasteiger partial charge >= 0.3 is 0 Å². The second-order valence-corrected chi connectivity index (χ2v) is 8.22. The fraction of sp³-hybridized carbons (Fsp3) is 0. The number of hydrogen-bond acceptors (Lipinski definition) is 6. The number of rotatable bonds is 4. The Morgan fingerprint density at radius 3 is 2.43 bits per heavy atom. The van der Waals surface area contributed by atoms with Gasteiger partial charge in [0.25, 0.3) is 11.5 Å². The molecule has 0 atom stereocenters. The molecule has 1 amide bonds. The van der Waals surface area contributed by atoms with Crippen molar-refractivity contribution in [3.05, 3.63) is 93.5 Å². The maximum absolute atomic E-state index is 13.1. The summed E-state index contributed by atoms with van der Waals surface area (Å²) in [5.41, 5.74) is 1.30. The third kappa shape index (κ3) is 3.32. The van der Waals surface area contributed by atoms with Crippen LogP contribution in [0.3, 0.4) is 0 Å². The van der Waals surface area contributed by atoms with Gasteiger partial charge in [-0.05, 0) is 29.6 Å². The summed E-state index contributed by atoms with van der Waals surface area (Å²) in [4.78, 5) is 31.6. The standard InChI is InChI=1S/C22H14N4O2S2/c27-20(24-22-23-17(13-30-22)18-11-6-12-29-18)19-15-9-4-5-10-16(15)21(28)26(25-19)14-7-2-1-3-8-14/h1-13H,(H,23,24,27). The number of nitrogens with one attached hydrogen (secondary N) is 1. The molecule has 0 fully saturated rings. The van der Waals surface area contributed by atoms with Gasteiger partial charge in [0, 0.05) is 10.8 Å². The van der Waals surface area contributed by atoms with Crippen LogP contribution in [0.15, 0.2) is 82.3 Å². The Morgan fingerprint density at radius 2 is 1.67 bits per heavy atom. The summed E-state index contributed by atoms with van der Waals surface area (Å²) in [5, 5.41) is 12.5. The van der Waals surface area contributed by atoms with E-state index in [0.29, 0.717) is 21.6 Å². The topological polar surface area (TPSA) is 76.9 Å². The number of benzene rings is 2. The maximum Gasteiger partial charge on any atom is 0.279 e. The minimum atomic E-state index is -0.414. The Bertz CT molecular complexity index is 1410. The number of para-hydroxylation sites is 1.